The fourth-order valence-electron chi connectivity index (χ4n) is 2.14. The lowest BCUT2D eigenvalue weighted by molar-refractivity contribution is -0.118. The average molecular weight is 377 g/mol. The number of aromatic amines is 1. The van der Waals surface area contributed by atoms with Gasteiger partial charge in [-0.2, -0.15) is 5.10 Å². The zero-order valence-electron chi connectivity index (χ0n) is 13.2. The van der Waals surface area contributed by atoms with E-state index in [9.17, 15) is 4.79 Å². The van der Waals surface area contributed by atoms with Gasteiger partial charge in [0.25, 0.3) is 5.91 Å². The molecule has 1 amide bonds. The zero-order chi connectivity index (χ0) is 17.8. The maximum Gasteiger partial charge on any atom is 0.262 e. The van der Waals surface area contributed by atoms with Gasteiger partial charge in [-0.1, -0.05) is 35.3 Å². The van der Waals surface area contributed by atoms with E-state index < -0.39 is 0 Å². The van der Waals surface area contributed by atoms with Crippen LogP contribution in [0, 0.1) is 6.92 Å². The number of hydrogen-bond acceptors (Lipinski definition) is 4. The van der Waals surface area contributed by atoms with E-state index in [1.165, 1.54) is 0 Å². The highest BCUT2D eigenvalue weighted by atomic mass is 35.5. The van der Waals surface area contributed by atoms with Gasteiger partial charge in [0.15, 0.2) is 12.4 Å². The predicted octanol–water partition coefficient (Wildman–Crippen LogP) is 4.10. The number of nitrogens with zero attached hydrogens (tertiary/aromatic N) is 2. The Hall–Kier alpha value is -2.57. The molecular formula is C17H14Cl2N4O2. The molecule has 8 heteroatoms. The number of aromatic nitrogens is 3. The Bertz CT molecular complexity index is 911. The van der Waals surface area contributed by atoms with Crippen LogP contribution in [-0.2, 0) is 4.79 Å². The first-order valence-corrected chi connectivity index (χ1v) is 8.14. The average Bonchev–Trinajstić information content (AvgIpc) is 3.02. The van der Waals surface area contributed by atoms with Gasteiger partial charge in [-0.15, -0.1) is 0 Å². The van der Waals surface area contributed by atoms with E-state index in [1.807, 2.05) is 19.1 Å². The summed E-state index contributed by atoms with van der Waals surface area (Å²) < 4.78 is 5.41. The second-order valence-electron chi connectivity index (χ2n) is 5.24. The molecule has 0 saturated carbocycles. The largest absolute Gasteiger partial charge is 0.482 e. The summed E-state index contributed by atoms with van der Waals surface area (Å²) in [6.07, 6.45) is 0. The molecule has 1 aromatic heterocycles. The number of rotatable bonds is 5. The summed E-state index contributed by atoms with van der Waals surface area (Å²) >= 11 is 11.9. The summed E-state index contributed by atoms with van der Waals surface area (Å²) in [6, 6.07) is 12.0. The number of anilines is 1. The van der Waals surface area contributed by atoms with E-state index in [4.69, 9.17) is 27.9 Å². The van der Waals surface area contributed by atoms with Crippen LogP contribution in [0.1, 0.15) is 5.82 Å². The minimum absolute atomic E-state index is 0.190. The maximum absolute atomic E-state index is 12.1. The number of benzene rings is 2. The highest BCUT2D eigenvalue weighted by Crippen LogP contribution is 2.27. The summed E-state index contributed by atoms with van der Waals surface area (Å²) in [5.74, 6) is 1.32. The van der Waals surface area contributed by atoms with Crippen LogP contribution in [0.2, 0.25) is 10.0 Å². The SMILES string of the molecule is Cc1nc(-c2cccc(NC(=O)COc3cc(Cl)ccc3Cl)c2)n[nH]1. The van der Waals surface area contributed by atoms with Gasteiger partial charge >= 0.3 is 0 Å². The van der Waals surface area contributed by atoms with Crippen molar-refractivity contribution in [1.82, 2.24) is 15.2 Å². The van der Waals surface area contributed by atoms with E-state index >= 15 is 0 Å². The Morgan fingerprint density at radius 2 is 2.08 bits per heavy atom. The van der Waals surface area contributed by atoms with E-state index in [1.54, 1.807) is 30.3 Å². The number of ether oxygens (including phenoxy) is 1. The molecule has 0 saturated heterocycles. The number of aryl methyl sites for hydroxylation is 1. The molecule has 0 fully saturated rings. The van der Waals surface area contributed by atoms with Crippen molar-refractivity contribution >= 4 is 34.8 Å². The highest BCUT2D eigenvalue weighted by Gasteiger charge is 2.09. The van der Waals surface area contributed by atoms with Crippen LogP contribution in [-0.4, -0.2) is 27.7 Å². The number of nitrogens with one attached hydrogen (secondary N) is 2. The molecule has 2 N–H and O–H groups in total. The Morgan fingerprint density at radius 1 is 1.24 bits per heavy atom. The minimum atomic E-state index is -0.320. The zero-order valence-corrected chi connectivity index (χ0v) is 14.7. The second-order valence-corrected chi connectivity index (χ2v) is 6.08. The Labute approximate surface area is 154 Å². The normalized spacial score (nSPS) is 10.5. The molecule has 3 rings (SSSR count). The fourth-order valence-corrected chi connectivity index (χ4v) is 2.47. The summed E-state index contributed by atoms with van der Waals surface area (Å²) in [5, 5.41) is 10.5. The summed E-state index contributed by atoms with van der Waals surface area (Å²) in [5.41, 5.74) is 1.41. The van der Waals surface area contributed by atoms with Crippen molar-refractivity contribution in [3.8, 4) is 17.1 Å². The Kier molecular flexibility index (Phi) is 5.21. The smallest absolute Gasteiger partial charge is 0.262 e. The van der Waals surface area contributed by atoms with Crippen LogP contribution in [0.4, 0.5) is 5.69 Å². The number of H-pyrrole nitrogens is 1. The number of hydrogen-bond donors (Lipinski definition) is 2. The van der Waals surface area contributed by atoms with Gasteiger partial charge in [-0.3, -0.25) is 9.89 Å². The molecule has 0 spiro atoms. The molecule has 0 aliphatic heterocycles. The van der Waals surface area contributed by atoms with Crippen LogP contribution in [0.3, 0.4) is 0 Å². The first kappa shape index (κ1) is 17.3. The summed E-state index contributed by atoms with van der Waals surface area (Å²) in [6.45, 7) is 1.63. The third kappa shape index (κ3) is 4.49. The second kappa shape index (κ2) is 7.55. The lowest BCUT2D eigenvalue weighted by Gasteiger charge is -2.09. The van der Waals surface area contributed by atoms with E-state index in [2.05, 4.69) is 20.5 Å². The molecule has 1 heterocycles. The molecule has 0 atom stereocenters. The van der Waals surface area contributed by atoms with Crippen molar-refractivity contribution in [2.75, 3.05) is 11.9 Å². The molecule has 0 aliphatic carbocycles. The van der Waals surface area contributed by atoms with E-state index in [0.29, 0.717) is 27.3 Å². The highest BCUT2D eigenvalue weighted by molar-refractivity contribution is 6.34. The van der Waals surface area contributed by atoms with Gasteiger partial charge in [0.1, 0.15) is 11.6 Å². The fraction of sp³-hybridized carbons (Fsp3) is 0.118. The number of carbonyl (C=O) groups is 1. The van der Waals surface area contributed by atoms with Crippen molar-refractivity contribution in [1.29, 1.82) is 0 Å². The van der Waals surface area contributed by atoms with E-state index in [0.717, 1.165) is 11.4 Å². The number of amides is 1. The van der Waals surface area contributed by atoms with Gasteiger partial charge in [0, 0.05) is 22.3 Å². The first-order valence-electron chi connectivity index (χ1n) is 7.38. The van der Waals surface area contributed by atoms with Crippen molar-refractivity contribution in [2.24, 2.45) is 0 Å². The van der Waals surface area contributed by atoms with Crippen molar-refractivity contribution in [2.45, 2.75) is 6.92 Å². The molecule has 6 nitrogen and oxygen atoms in total. The standard InChI is InChI=1S/C17H14Cl2N4O2/c1-10-20-17(23-22-10)11-3-2-4-13(7-11)21-16(24)9-25-15-8-12(18)5-6-14(15)19/h2-8H,9H2,1H3,(H,21,24)(H,20,22,23). The lowest BCUT2D eigenvalue weighted by Crippen LogP contribution is -2.20. The van der Waals surface area contributed by atoms with Crippen LogP contribution >= 0.6 is 23.2 Å². The Morgan fingerprint density at radius 3 is 2.84 bits per heavy atom. The first-order chi connectivity index (χ1) is 12.0. The molecular weight excluding hydrogens is 363 g/mol. The predicted molar refractivity (Wildman–Crippen MR) is 97.1 cm³/mol. The quantitative estimate of drug-likeness (QED) is 0.702. The molecule has 3 aromatic rings. The van der Waals surface area contributed by atoms with Crippen LogP contribution in [0.25, 0.3) is 11.4 Å². The summed E-state index contributed by atoms with van der Waals surface area (Å²) in [4.78, 5) is 16.3. The third-order valence-electron chi connectivity index (χ3n) is 3.25. The van der Waals surface area contributed by atoms with Crippen molar-refractivity contribution in [3.05, 3.63) is 58.3 Å². The molecule has 0 bridgehead atoms. The van der Waals surface area contributed by atoms with Crippen molar-refractivity contribution < 1.29 is 9.53 Å². The molecule has 0 unspecified atom stereocenters. The topological polar surface area (TPSA) is 79.9 Å². The molecule has 2 aromatic carbocycles. The van der Waals surface area contributed by atoms with Crippen LogP contribution < -0.4 is 10.1 Å². The van der Waals surface area contributed by atoms with Gasteiger partial charge in [-0.25, -0.2) is 4.98 Å². The van der Waals surface area contributed by atoms with Crippen molar-refractivity contribution in [3.63, 3.8) is 0 Å². The van der Waals surface area contributed by atoms with Gasteiger partial charge in [0.2, 0.25) is 0 Å². The maximum atomic E-state index is 12.1. The van der Waals surface area contributed by atoms with Gasteiger partial charge in [0.05, 0.1) is 5.02 Å². The molecule has 128 valence electrons. The minimum Gasteiger partial charge on any atom is -0.482 e. The molecule has 0 radical (unpaired) electrons. The summed E-state index contributed by atoms with van der Waals surface area (Å²) in [7, 11) is 0. The van der Waals surface area contributed by atoms with Gasteiger partial charge in [-0.05, 0) is 31.2 Å². The third-order valence-corrected chi connectivity index (χ3v) is 3.80. The Balaban J connectivity index is 1.64. The monoisotopic (exact) mass is 376 g/mol. The molecule has 0 aliphatic rings. The lowest BCUT2D eigenvalue weighted by atomic mass is 10.2. The van der Waals surface area contributed by atoms with Crippen LogP contribution in [0.15, 0.2) is 42.5 Å². The van der Waals surface area contributed by atoms with Crippen LogP contribution in [0.5, 0.6) is 5.75 Å². The molecule has 25 heavy (non-hydrogen) atoms. The number of carbonyl (C=O) groups excluding carboxylic acids is 1. The number of halogens is 2. The van der Waals surface area contributed by atoms with Gasteiger partial charge < -0.3 is 10.1 Å². The van der Waals surface area contributed by atoms with E-state index in [-0.39, 0.29) is 12.5 Å².